The lowest BCUT2D eigenvalue weighted by molar-refractivity contribution is -0.173. The fraction of sp³-hybridized carbons (Fsp3) is 0.667. The van der Waals surface area contributed by atoms with Gasteiger partial charge in [-0.15, -0.1) is 11.3 Å². The SMILES string of the molecule is Cc1ncsc1CNCCOCC(F)(F)F. The number of ether oxygens (including phenoxy) is 1. The maximum absolute atomic E-state index is 11.7. The molecule has 0 amide bonds. The Morgan fingerprint density at radius 2 is 2.25 bits per heavy atom. The molecule has 1 aromatic rings. The third-order valence-corrected chi connectivity index (χ3v) is 2.75. The lowest BCUT2D eigenvalue weighted by atomic mass is 10.4. The molecule has 0 aromatic carbocycles. The topological polar surface area (TPSA) is 34.2 Å². The number of aryl methyl sites for hydroxylation is 1. The Balaban J connectivity index is 2.03. The van der Waals surface area contributed by atoms with E-state index in [1.165, 1.54) is 11.3 Å². The van der Waals surface area contributed by atoms with Crippen molar-refractivity contribution in [3.63, 3.8) is 0 Å². The molecule has 0 bridgehead atoms. The molecular weight excluding hydrogens is 241 g/mol. The third kappa shape index (κ3) is 5.43. The summed E-state index contributed by atoms with van der Waals surface area (Å²) in [5, 5.41) is 2.99. The second-order valence-corrected chi connectivity index (χ2v) is 4.14. The van der Waals surface area contributed by atoms with E-state index in [0.717, 1.165) is 10.6 Å². The maximum atomic E-state index is 11.7. The third-order valence-electron chi connectivity index (χ3n) is 1.82. The first-order valence-electron chi connectivity index (χ1n) is 4.73. The highest BCUT2D eigenvalue weighted by Gasteiger charge is 2.27. The van der Waals surface area contributed by atoms with Crippen molar-refractivity contribution < 1.29 is 17.9 Å². The van der Waals surface area contributed by atoms with Crippen LogP contribution in [0.4, 0.5) is 13.2 Å². The van der Waals surface area contributed by atoms with E-state index < -0.39 is 12.8 Å². The monoisotopic (exact) mass is 254 g/mol. The fourth-order valence-corrected chi connectivity index (χ4v) is 1.78. The van der Waals surface area contributed by atoms with Gasteiger partial charge in [-0.25, -0.2) is 4.98 Å². The molecule has 0 fully saturated rings. The van der Waals surface area contributed by atoms with Crippen LogP contribution >= 0.6 is 11.3 Å². The molecule has 0 spiro atoms. The highest BCUT2D eigenvalue weighted by atomic mass is 32.1. The second kappa shape index (κ2) is 6.17. The number of hydrogen-bond acceptors (Lipinski definition) is 4. The number of rotatable bonds is 6. The maximum Gasteiger partial charge on any atom is 0.411 e. The molecule has 92 valence electrons. The Hall–Kier alpha value is -0.660. The highest BCUT2D eigenvalue weighted by molar-refractivity contribution is 7.09. The molecule has 16 heavy (non-hydrogen) atoms. The molecule has 0 aliphatic rings. The zero-order valence-corrected chi connectivity index (χ0v) is 9.62. The van der Waals surface area contributed by atoms with Crippen molar-refractivity contribution in [2.75, 3.05) is 19.8 Å². The van der Waals surface area contributed by atoms with E-state index in [4.69, 9.17) is 0 Å². The van der Waals surface area contributed by atoms with Gasteiger partial charge in [0.1, 0.15) is 6.61 Å². The zero-order chi connectivity index (χ0) is 12.0. The van der Waals surface area contributed by atoms with Crippen molar-refractivity contribution in [1.82, 2.24) is 10.3 Å². The molecule has 1 N–H and O–H groups in total. The second-order valence-electron chi connectivity index (χ2n) is 3.21. The average molecular weight is 254 g/mol. The summed E-state index contributed by atoms with van der Waals surface area (Å²) >= 11 is 1.52. The van der Waals surface area contributed by atoms with Crippen molar-refractivity contribution in [1.29, 1.82) is 0 Å². The molecular formula is C9H13F3N2OS. The van der Waals surface area contributed by atoms with Crippen LogP contribution in [-0.2, 0) is 11.3 Å². The predicted octanol–water partition coefficient (Wildman–Crippen LogP) is 2.12. The van der Waals surface area contributed by atoms with Crippen molar-refractivity contribution in [3.8, 4) is 0 Å². The van der Waals surface area contributed by atoms with E-state index >= 15 is 0 Å². The van der Waals surface area contributed by atoms with Gasteiger partial charge in [0.25, 0.3) is 0 Å². The first-order chi connectivity index (χ1) is 7.49. The lowest BCUT2D eigenvalue weighted by Crippen LogP contribution is -2.23. The number of hydrogen-bond donors (Lipinski definition) is 1. The van der Waals surface area contributed by atoms with Crippen molar-refractivity contribution >= 4 is 11.3 Å². The molecule has 0 aliphatic heterocycles. The Bertz CT molecular complexity index is 314. The van der Waals surface area contributed by atoms with Crippen LogP contribution in [0, 0.1) is 6.92 Å². The summed E-state index contributed by atoms with van der Waals surface area (Å²) in [6.45, 7) is 1.78. The molecule has 0 aliphatic carbocycles. The quantitative estimate of drug-likeness (QED) is 0.790. The van der Waals surface area contributed by atoms with Crippen LogP contribution in [0.25, 0.3) is 0 Å². The van der Waals surface area contributed by atoms with Crippen LogP contribution in [-0.4, -0.2) is 30.9 Å². The van der Waals surface area contributed by atoms with Gasteiger partial charge in [-0.05, 0) is 6.92 Å². The minimum Gasteiger partial charge on any atom is -0.371 e. The summed E-state index contributed by atoms with van der Waals surface area (Å²) in [5.41, 5.74) is 2.70. The van der Waals surface area contributed by atoms with Crippen LogP contribution in [0.1, 0.15) is 10.6 Å². The average Bonchev–Trinajstić information content (AvgIpc) is 2.56. The molecule has 1 heterocycles. The number of aromatic nitrogens is 1. The van der Waals surface area contributed by atoms with Gasteiger partial charge in [-0.1, -0.05) is 0 Å². The summed E-state index contributed by atoms with van der Waals surface area (Å²) < 4.78 is 39.5. The van der Waals surface area contributed by atoms with E-state index in [0.29, 0.717) is 13.1 Å². The van der Waals surface area contributed by atoms with Gasteiger partial charge in [-0.2, -0.15) is 13.2 Å². The normalized spacial score (nSPS) is 12.0. The minimum absolute atomic E-state index is 0.0529. The smallest absolute Gasteiger partial charge is 0.371 e. The summed E-state index contributed by atoms with van der Waals surface area (Å²) in [5.74, 6) is 0. The van der Waals surface area contributed by atoms with E-state index in [1.807, 2.05) is 6.92 Å². The van der Waals surface area contributed by atoms with Gasteiger partial charge >= 0.3 is 6.18 Å². The first-order valence-corrected chi connectivity index (χ1v) is 5.61. The van der Waals surface area contributed by atoms with Crippen LogP contribution < -0.4 is 5.32 Å². The molecule has 0 radical (unpaired) electrons. The van der Waals surface area contributed by atoms with E-state index in [2.05, 4.69) is 15.0 Å². The molecule has 0 saturated carbocycles. The Morgan fingerprint density at radius 1 is 1.50 bits per heavy atom. The summed E-state index contributed by atoms with van der Waals surface area (Å²) in [7, 11) is 0. The molecule has 0 unspecified atom stereocenters. The van der Waals surface area contributed by atoms with Gasteiger partial charge < -0.3 is 10.1 Å². The molecule has 3 nitrogen and oxygen atoms in total. The van der Waals surface area contributed by atoms with Crippen molar-refractivity contribution in [3.05, 3.63) is 16.1 Å². The largest absolute Gasteiger partial charge is 0.411 e. The van der Waals surface area contributed by atoms with Crippen LogP contribution in [0.3, 0.4) is 0 Å². The van der Waals surface area contributed by atoms with Crippen molar-refractivity contribution in [2.24, 2.45) is 0 Å². The van der Waals surface area contributed by atoms with Crippen LogP contribution in [0.2, 0.25) is 0 Å². The molecule has 0 saturated heterocycles. The first kappa shape index (κ1) is 13.4. The summed E-state index contributed by atoms with van der Waals surface area (Å²) in [6, 6.07) is 0. The Kier molecular flexibility index (Phi) is 5.17. The number of alkyl halides is 3. The van der Waals surface area contributed by atoms with E-state index in [9.17, 15) is 13.2 Å². The highest BCUT2D eigenvalue weighted by Crippen LogP contribution is 2.14. The number of halogens is 3. The fourth-order valence-electron chi connectivity index (χ4n) is 1.03. The molecule has 1 aromatic heterocycles. The molecule has 0 atom stereocenters. The van der Waals surface area contributed by atoms with Crippen LogP contribution in [0.5, 0.6) is 0 Å². The van der Waals surface area contributed by atoms with Gasteiger partial charge in [0.05, 0.1) is 17.8 Å². The van der Waals surface area contributed by atoms with Gasteiger partial charge in [0, 0.05) is 18.0 Å². The molecule has 7 heteroatoms. The van der Waals surface area contributed by atoms with Gasteiger partial charge in [-0.3, -0.25) is 0 Å². The Morgan fingerprint density at radius 3 is 2.81 bits per heavy atom. The lowest BCUT2D eigenvalue weighted by Gasteiger charge is -2.08. The number of thiazole rings is 1. The van der Waals surface area contributed by atoms with Gasteiger partial charge in [0.2, 0.25) is 0 Å². The minimum atomic E-state index is -4.24. The Labute approximate surface area is 95.6 Å². The zero-order valence-electron chi connectivity index (χ0n) is 8.80. The van der Waals surface area contributed by atoms with Gasteiger partial charge in [0.15, 0.2) is 0 Å². The van der Waals surface area contributed by atoms with E-state index in [-0.39, 0.29) is 6.61 Å². The standard InChI is InChI=1S/C9H13F3N2OS/c1-7-8(16-6-14-7)4-13-2-3-15-5-9(10,11)12/h6,13H,2-5H2,1H3. The summed E-state index contributed by atoms with van der Waals surface area (Å²) in [4.78, 5) is 5.16. The van der Waals surface area contributed by atoms with E-state index in [1.54, 1.807) is 5.51 Å². The summed E-state index contributed by atoms with van der Waals surface area (Å²) in [6.07, 6.45) is -4.24. The van der Waals surface area contributed by atoms with Crippen molar-refractivity contribution in [2.45, 2.75) is 19.6 Å². The number of nitrogens with one attached hydrogen (secondary N) is 1. The van der Waals surface area contributed by atoms with Crippen LogP contribution in [0.15, 0.2) is 5.51 Å². The predicted molar refractivity (Wildman–Crippen MR) is 55.4 cm³/mol. The molecule has 1 rings (SSSR count). The number of nitrogens with zero attached hydrogens (tertiary/aromatic N) is 1.